The van der Waals surface area contributed by atoms with Gasteiger partial charge in [0.2, 0.25) is 15.9 Å². The number of hydrogen-bond donors (Lipinski definition) is 1. The molecule has 1 aliphatic carbocycles. The van der Waals surface area contributed by atoms with Gasteiger partial charge < -0.3 is 9.47 Å². The molecule has 2 atom stereocenters. The molecule has 1 aromatic heterocycles. The van der Waals surface area contributed by atoms with Crippen LogP contribution < -0.4 is 9.62 Å². The van der Waals surface area contributed by atoms with E-state index in [0.29, 0.717) is 24.9 Å². The van der Waals surface area contributed by atoms with Gasteiger partial charge in [-0.3, -0.25) is 4.79 Å². The maximum Gasteiger partial charge on any atom is 0.241 e. The second-order valence-corrected chi connectivity index (χ2v) is 11.7. The molecule has 1 aliphatic rings. The van der Waals surface area contributed by atoms with Gasteiger partial charge in [0.25, 0.3) is 0 Å². The predicted molar refractivity (Wildman–Crippen MR) is 148 cm³/mol. The molecule has 0 saturated carbocycles. The Bertz CT molecular complexity index is 1590. The normalized spacial score (nSPS) is 15.6. The molecular formula is C30H31FN4O3S. The van der Waals surface area contributed by atoms with Crippen LogP contribution in [0.25, 0.3) is 0 Å². The van der Waals surface area contributed by atoms with Crippen LogP contribution in [-0.4, -0.2) is 23.9 Å². The molecule has 4 aromatic rings. The lowest BCUT2D eigenvalue weighted by Crippen LogP contribution is -2.32. The maximum atomic E-state index is 13.7. The van der Waals surface area contributed by atoms with Crippen LogP contribution in [0.15, 0.2) is 90.1 Å². The third-order valence-corrected chi connectivity index (χ3v) is 8.76. The Kier molecular flexibility index (Phi) is 7.63. The highest BCUT2D eigenvalue weighted by Crippen LogP contribution is 2.36. The molecule has 0 fully saturated rings. The van der Waals surface area contributed by atoms with Crippen molar-refractivity contribution in [2.24, 2.45) is 7.05 Å². The number of aromatic nitrogens is 2. The number of nitrogens with zero attached hydrogens (tertiary/aromatic N) is 3. The molecular weight excluding hydrogens is 515 g/mol. The molecule has 7 nitrogen and oxygen atoms in total. The summed E-state index contributed by atoms with van der Waals surface area (Å²) < 4.78 is 44.4. The van der Waals surface area contributed by atoms with Gasteiger partial charge in [-0.25, -0.2) is 22.5 Å². The molecule has 0 radical (unpaired) electrons. The lowest BCUT2D eigenvalue weighted by atomic mass is 9.97. The summed E-state index contributed by atoms with van der Waals surface area (Å²) in [5.74, 6) is 0.0896. The molecule has 3 aromatic carbocycles. The molecule has 1 N–H and O–H groups in total. The van der Waals surface area contributed by atoms with E-state index in [2.05, 4.69) is 9.71 Å². The van der Waals surface area contributed by atoms with Crippen molar-refractivity contribution < 1.29 is 17.6 Å². The Morgan fingerprint density at radius 1 is 1.13 bits per heavy atom. The summed E-state index contributed by atoms with van der Waals surface area (Å²) in [7, 11) is -2.05. The quantitative estimate of drug-likeness (QED) is 0.311. The van der Waals surface area contributed by atoms with E-state index in [1.807, 2.05) is 73.3 Å². The van der Waals surface area contributed by atoms with Gasteiger partial charge in [-0.1, -0.05) is 49.4 Å². The largest absolute Gasteiger partial charge is 0.337 e. The average molecular weight is 547 g/mol. The van der Waals surface area contributed by atoms with Crippen LogP contribution in [0.2, 0.25) is 0 Å². The van der Waals surface area contributed by atoms with E-state index in [1.54, 1.807) is 11.1 Å². The monoisotopic (exact) mass is 546 g/mol. The van der Waals surface area contributed by atoms with Crippen molar-refractivity contribution in [1.82, 2.24) is 14.3 Å². The number of aryl methyl sites for hydroxylation is 2. The minimum atomic E-state index is -3.94. The average Bonchev–Trinajstić information content (AvgIpc) is 3.52. The number of nitrogens with one attached hydrogen (secondary N) is 1. The van der Waals surface area contributed by atoms with Crippen LogP contribution in [0.1, 0.15) is 54.2 Å². The van der Waals surface area contributed by atoms with Gasteiger partial charge in [-0.05, 0) is 65.8 Å². The Morgan fingerprint density at radius 2 is 1.92 bits per heavy atom. The minimum Gasteiger partial charge on any atom is -0.337 e. The zero-order valence-electron chi connectivity index (χ0n) is 21.9. The predicted octanol–water partition coefficient (Wildman–Crippen LogP) is 5.25. The number of sulfonamides is 1. The van der Waals surface area contributed by atoms with E-state index < -0.39 is 21.9 Å². The minimum absolute atomic E-state index is 0.0165. The molecule has 9 heteroatoms. The Balaban J connectivity index is 1.44. The third kappa shape index (κ3) is 5.94. The van der Waals surface area contributed by atoms with Crippen molar-refractivity contribution >= 4 is 21.6 Å². The van der Waals surface area contributed by atoms with Crippen molar-refractivity contribution in [2.75, 3.05) is 4.90 Å². The lowest BCUT2D eigenvalue weighted by molar-refractivity contribution is -0.119. The number of fused-ring (bicyclic) bond motifs is 1. The zero-order valence-corrected chi connectivity index (χ0v) is 22.7. The lowest BCUT2D eigenvalue weighted by Gasteiger charge is -2.26. The summed E-state index contributed by atoms with van der Waals surface area (Å²) in [6.07, 6.45) is 5.12. The van der Waals surface area contributed by atoms with Crippen molar-refractivity contribution in [2.45, 2.75) is 49.6 Å². The van der Waals surface area contributed by atoms with Gasteiger partial charge in [-0.2, -0.15) is 0 Å². The molecule has 0 saturated heterocycles. The summed E-state index contributed by atoms with van der Waals surface area (Å²) in [4.78, 5) is 19.8. The first-order valence-electron chi connectivity index (χ1n) is 12.9. The number of imidazole rings is 1. The Hall–Kier alpha value is -3.82. The van der Waals surface area contributed by atoms with Crippen LogP contribution in [-0.2, 0) is 34.8 Å². The highest BCUT2D eigenvalue weighted by Gasteiger charge is 2.30. The Labute approximate surface area is 228 Å². The molecule has 39 heavy (non-hydrogen) atoms. The number of rotatable bonds is 9. The van der Waals surface area contributed by atoms with E-state index in [9.17, 15) is 17.6 Å². The molecule has 202 valence electrons. The Morgan fingerprint density at radius 3 is 2.64 bits per heavy atom. The van der Waals surface area contributed by atoms with Gasteiger partial charge >= 0.3 is 0 Å². The van der Waals surface area contributed by atoms with Crippen LogP contribution in [0, 0.1) is 5.82 Å². The molecule has 1 heterocycles. The first kappa shape index (κ1) is 26.8. The van der Waals surface area contributed by atoms with Crippen LogP contribution >= 0.6 is 0 Å². The van der Waals surface area contributed by atoms with Gasteiger partial charge in [0.15, 0.2) is 0 Å². The zero-order chi connectivity index (χ0) is 27.6. The second-order valence-electron chi connectivity index (χ2n) is 10.0. The highest BCUT2D eigenvalue weighted by atomic mass is 32.2. The molecule has 0 aliphatic heterocycles. The van der Waals surface area contributed by atoms with Gasteiger partial charge in [0, 0.05) is 37.6 Å². The van der Waals surface area contributed by atoms with E-state index in [-0.39, 0.29) is 23.3 Å². The van der Waals surface area contributed by atoms with Crippen LogP contribution in [0.4, 0.5) is 10.1 Å². The summed E-state index contributed by atoms with van der Waals surface area (Å²) in [6, 6.07) is 20.2. The van der Waals surface area contributed by atoms with Gasteiger partial charge in [-0.15, -0.1) is 0 Å². The molecule has 5 rings (SSSR count). The van der Waals surface area contributed by atoms with Crippen LogP contribution in [0.3, 0.4) is 0 Å². The van der Waals surface area contributed by atoms with Gasteiger partial charge in [0.1, 0.15) is 11.6 Å². The number of halogens is 1. The van der Waals surface area contributed by atoms with Crippen molar-refractivity contribution in [3.05, 3.63) is 114 Å². The second kappa shape index (κ2) is 11.1. The molecule has 0 bridgehead atoms. The first-order chi connectivity index (χ1) is 18.7. The summed E-state index contributed by atoms with van der Waals surface area (Å²) in [5.41, 5.74) is 3.61. The number of hydrogen-bond acceptors (Lipinski definition) is 4. The molecule has 1 amide bonds. The SMILES string of the molecule is C[C@H](CC(=O)N(Cc1nccn1C)c1ccc2c(c1)[C@H](NS(=O)(=O)c1cccc(F)c1)CC2)c1ccccc1. The fourth-order valence-electron chi connectivity index (χ4n) is 5.05. The number of amides is 1. The van der Waals surface area contributed by atoms with Crippen molar-refractivity contribution in [3.8, 4) is 0 Å². The first-order valence-corrected chi connectivity index (χ1v) is 14.4. The number of carbonyl (C=O) groups is 1. The fourth-order valence-corrected chi connectivity index (χ4v) is 6.34. The number of anilines is 1. The summed E-state index contributed by atoms with van der Waals surface area (Å²) in [6.45, 7) is 2.31. The number of carbonyl (C=O) groups excluding carboxylic acids is 1. The summed E-state index contributed by atoms with van der Waals surface area (Å²) in [5, 5.41) is 0. The van der Waals surface area contributed by atoms with E-state index in [1.165, 1.54) is 18.2 Å². The fraction of sp³-hybridized carbons (Fsp3) is 0.267. The van der Waals surface area contributed by atoms with Crippen molar-refractivity contribution in [1.29, 1.82) is 0 Å². The summed E-state index contributed by atoms with van der Waals surface area (Å²) >= 11 is 0. The topological polar surface area (TPSA) is 84.3 Å². The third-order valence-electron chi connectivity index (χ3n) is 7.29. The highest BCUT2D eigenvalue weighted by molar-refractivity contribution is 7.89. The van der Waals surface area contributed by atoms with Crippen molar-refractivity contribution in [3.63, 3.8) is 0 Å². The van der Waals surface area contributed by atoms with E-state index in [4.69, 9.17) is 0 Å². The molecule has 0 spiro atoms. The van der Waals surface area contributed by atoms with E-state index in [0.717, 1.165) is 28.6 Å². The maximum absolute atomic E-state index is 13.7. The number of benzene rings is 3. The van der Waals surface area contributed by atoms with E-state index >= 15 is 0 Å². The van der Waals surface area contributed by atoms with Crippen LogP contribution in [0.5, 0.6) is 0 Å². The standard InChI is InChI=1S/C30H31FN4O3S/c1-21(22-7-4-3-5-8-22)17-30(36)35(20-29-32-15-16-34(29)2)25-13-11-23-12-14-28(27(23)19-25)33-39(37,38)26-10-6-9-24(31)18-26/h3-11,13,15-16,18-19,21,28,33H,12,14,17,20H2,1-2H3/t21-,28-/m1/s1. The smallest absolute Gasteiger partial charge is 0.241 e. The molecule has 0 unspecified atom stereocenters. The van der Waals surface area contributed by atoms with Gasteiger partial charge in [0.05, 0.1) is 11.4 Å².